The Labute approximate surface area is 123 Å². The molecule has 1 N–H and O–H groups in total. The largest absolute Gasteiger partial charge is 0.416 e. The standard InChI is InChI=1S/C13H11ClF3N3O/c14-9-2-7(4-19-10(9)3-18)20-5-6-1-8(6)11(20)12(21)13(15,16)17/h2,4,6,8,11-12,21H,1,5H2/t6-,8?,11+,12-/m0/s1. The summed E-state index contributed by atoms with van der Waals surface area (Å²) in [5.41, 5.74) is 0.428. The first-order valence-corrected chi connectivity index (χ1v) is 6.77. The molecule has 2 fully saturated rings. The van der Waals surface area contributed by atoms with E-state index in [9.17, 15) is 18.3 Å². The molecule has 2 heterocycles. The Balaban J connectivity index is 1.91. The van der Waals surface area contributed by atoms with E-state index in [0.717, 1.165) is 0 Å². The molecule has 0 aromatic carbocycles. The Kier molecular flexibility index (Phi) is 3.26. The highest BCUT2D eigenvalue weighted by atomic mass is 35.5. The zero-order valence-corrected chi connectivity index (χ0v) is 11.4. The third-order valence-corrected chi connectivity index (χ3v) is 4.42. The first-order valence-electron chi connectivity index (χ1n) is 6.40. The van der Waals surface area contributed by atoms with Gasteiger partial charge in [-0.05, 0) is 24.3 Å². The van der Waals surface area contributed by atoms with E-state index in [1.807, 2.05) is 0 Å². The zero-order chi connectivity index (χ0) is 15.4. The molecule has 0 spiro atoms. The molecule has 1 aliphatic heterocycles. The minimum absolute atomic E-state index is 0.0256. The van der Waals surface area contributed by atoms with Crippen LogP contribution in [0, 0.1) is 23.2 Å². The number of piperidine rings is 1. The van der Waals surface area contributed by atoms with Crippen molar-refractivity contribution in [1.29, 1.82) is 5.26 Å². The smallest absolute Gasteiger partial charge is 0.382 e. The van der Waals surface area contributed by atoms with Gasteiger partial charge in [0.2, 0.25) is 0 Å². The fourth-order valence-corrected chi connectivity index (χ4v) is 3.25. The number of nitrogens with zero attached hydrogens (tertiary/aromatic N) is 3. The van der Waals surface area contributed by atoms with Crippen molar-refractivity contribution < 1.29 is 18.3 Å². The molecule has 1 unspecified atom stereocenters. The average Bonchev–Trinajstić information content (AvgIpc) is 3.08. The number of alkyl halides is 3. The van der Waals surface area contributed by atoms with Crippen LogP contribution in [0.2, 0.25) is 5.02 Å². The quantitative estimate of drug-likeness (QED) is 0.909. The van der Waals surface area contributed by atoms with Crippen LogP contribution in [0.25, 0.3) is 0 Å². The lowest BCUT2D eigenvalue weighted by molar-refractivity contribution is -0.210. The summed E-state index contributed by atoms with van der Waals surface area (Å²) in [5.74, 6) is 0.0115. The van der Waals surface area contributed by atoms with Gasteiger partial charge in [0.25, 0.3) is 0 Å². The van der Waals surface area contributed by atoms with Gasteiger partial charge in [-0.2, -0.15) is 18.4 Å². The maximum absolute atomic E-state index is 12.8. The molecule has 4 atom stereocenters. The Hall–Kier alpha value is -1.52. The monoisotopic (exact) mass is 317 g/mol. The molecule has 4 nitrogen and oxygen atoms in total. The lowest BCUT2D eigenvalue weighted by Crippen LogP contribution is -2.49. The number of aliphatic hydroxyl groups is 1. The lowest BCUT2D eigenvalue weighted by Gasteiger charge is -2.33. The fourth-order valence-electron chi connectivity index (χ4n) is 3.05. The van der Waals surface area contributed by atoms with Crippen LogP contribution in [0.1, 0.15) is 12.1 Å². The maximum atomic E-state index is 12.8. The van der Waals surface area contributed by atoms with Crippen LogP contribution < -0.4 is 4.90 Å². The van der Waals surface area contributed by atoms with E-state index in [0.29, 0.717) is 18.7 Å². The minimum Gasteiger partial charge on any atom is -0.382 e. The number of halogens is 4. The molecular weight excluding hydrogens is 307 g/mol. The number of aromatic nitrogens is 1. The summed E-state index contributed by atoms with van der Waals surface area (Å²) >= 11 is 5.88. The molecular formula is C13H11ClF3N3O. The summed E-state index contributed by atoms with van der Waals surface area (Å²) in [5, 5.41) is 18.5. The summed E-state index contributed by atoms with van der Waals surface area (Å²) in [7, 11) is 0. The molecule has 1 aromatic heterocycles. The van der Waals surface area contributed by atoms with Gasteiger partial charge >= 0.3 is 6.18 Å². The van der Waals surface area contributed by atoms with Gasteiger partial charge in [-0.3, -0.25) is 0 Å². The van der Waals surface area contributed by atoms with Crippen LogP contribution in [0.4, 0.5) is 18.9 Å². The van der Waals surface area contributed by atoms with E-state index in [-0.39, 0.29) is 22.6 Å². The van der Waals surface area contributed by atoms with Crippen molar-refractivity contribution >= 4 is 17.3 Å². The molecule has 8 heteroatoms. The highest BCUT2D eigenvalue weighted by Crippen LogP contribution is 2.53. The van der Waals surface area contributed by atoms with Gasteiger partial charge in [0.1, 0.15) is 6.07 Å². The first kappa shape index (κ1) is 14.4. The summed E-state index contributed by atoms with van der Waals surface area (Å²) in [6, 6.07) is 2.21. The van der Waals surface area contributed by atoms with Crippen LogP contribution >= 0.6 is 11.6 Å². The summed E-state index contributed by atoms with van der Waals surface area (Å²) in [6.45, 7) is 0.437. The number of nitriles is 1. The third kappa shape index (κ3) is 2.43. The van der Waals surface area contributed by atoms with Crippen molar-refractivity contribution in [2.45, 2.75) is 24.7 Å². The SMILES string of the molecule is N#Cc1ncc(N2C[C@@H]3CC3[C@@H]2[C@H](O)C(F)(F)F)cc1Cl. The molecule has 1 aliphatic carbocycles. The van der Waals surface area contributed by atoms with Gasteiger partial charge in [-0.15, -0.1) is 0 Å². The van der Waals surface area contributed by atoms with Crippen molar-refractivity contribution in [3.05, 3.63) is 23.0 Å². The Morgan fingerprint density at radius 3 is 2.81 bits per heavy atom. The van der Waals surface area contributed by atoms with Crippen molar-refractivity contribution in [1.82, 2.24) is 4.98 Å². The van der Waals surface area contributed by atoms with E-state index in [1.165, 1.54) is 17.2 Å². The van der Waals surface area contributed by atoms with Crippen molar-refractivity contribution in [3.63, 3.8) is 0 Å². The number of rotatable bonds is 2. The highest BCUT2D eigenvalue weighted by Gasteiger charge is 2.60. The molecule has 1 saturated heterocycles. The van der Waals surface area contributed by atoms with E-state index >= 15 is 0 Å². The molecule has 2 aliphatic rings. The molecule has 0 amide bonds. The molecule has 1 aromatic rings. The Bertz CT molecular complexity index is 616. The summed E-state index contributed by atoms with van der Waals surface area (Å²) in [6.07, 6.45) is -5.04. The summed E-state index contributed by atoms with van der Waals surface area (Å²) in [4.78, 5) is 5.34. The Morgan fingerprint density at radius 1 is 1.52 bits per heavy atom. The second kappa shape index (κ2) is 4.75. The minimum atomic E-state index is -4.66. The normalized spacial score (nSPS) is 29.0. The fraction of sp³-hybridized carbons (Fsp3) is 0.538. The molecule has 1 saturated carbocycles. The van der Waals surface area contributed by atoms with Gasteiger partial charge in [-0.25, -0.2) is 4.98 Å². The van der Waals surface area contributed by atoms with E-state index in [2.05, 4.69) is 4.98 Å². The molecule has 0 bridgehead atoms. The van der Waals surface area contributed by atoms with E-state index in [4.69, 9.17) is 16.9 Å². The number of hydrogen-bond acceptors (Lipinski definition) is 4. The number of anilines is 1. The van der Waals surface area contributed by atoms with Crippen molar-refractivity contribution in [2.75, 3.05) is 11.4 Å². The highest BCUT2D eigenvalue weighted by molar-refractivity contribution is 6.31. The second-order valence-electron chi connectivity index (χ2n) is 5.42. The van der Waals surface area contributed by atoms with Gasteiger partial charge in [-0.1, -0.05) is 11.6 Å². The van der Waals surface area contributed by atoms with Crippen LogP contribution in [-0.2, 0) is 0 Å². The van der Waals surface area contributed by atoms with Gasteiger partial charge in [0.05, 0.1) is 22.9 Å². The number of aliphatic hydroxyl groups excluding tert-OH is 1. The first-order chi connectivity index (χ1) is 9.82. The van der Waals surface area contributed by atoms with Crippen molar-refractivity contribution in [2.24, 2.45) is 11.8 Å². The van der Waals surface area contributed by atoms with E-state index < -0.39 is 18.3 Å². The number of fused-ring (bicyclic) bond motifs is 1. The van der Waals surface area contributed by atoms with Crippen LogP contribution in [0.15, 0.2) is 12.3 Å². The van der Waals surface area contributed by atoms with Gasteiger partial charge in [0.15, 0.2) is 11.8 Å². The zero-order valence-electron chi connectivity index (χ0n) is 10.7. The third-order valence-electron chi connectivity index (χ3n) is 4.13. The van der Waals surface area contributed by atoms with E-state index in [1.54, 1.807) is 6.07 Å². The van der Waals surface area contributed by atoms with Crippen molar-refractivity contribution in [3.8, 4) is 6.07 Å². The molecule has 112 valence electrons. The Morgan fingerprint density at radius 2 is 2.24 bits per heavy atom. The van der Waals surface area contributed by atoms with Crippen LogP contribution in [0.3, 0.4) is 0 Å². The molecule has 3 rings (SSSR count). The van der Waals surface area contributed by atoms with Gasteiger partial charge < -0.3 is 10.0 Å². The van der Waals surface area contributed by atoms with Crippen LogP contribution in [0.5, 0.6) is 0 Å². The van der Waals surface area contributed by atoms with Crippen LogP contribution in [-0.4, -0.2) is 35.0 Å². The predicted octanol–water partition coefficient (Wildman–Crippen LogP) is 2.35. The average molecular weight is 318 g/mol. The number of pyridine rings is 1. The second-order valence-corrected chi connectivity index (χ2v) is 5.83. The topological polar surface area (TPSA) is 60.2 Å². The molecule has 21 heavy (non-hydrogen) atoms. The predicted molar refractivity (Wildman–Crippen MR) is 68.8 cm³/mol. The van der Waals surface area contributed by atoms with Gasteiger partial charge in [0, 0.05) is 6.54 Å². The lowest BCUT2D eigenvalue weighted by atomic mass is 10.1. The number of hydrogen-bond donors (Lipinski definition) is 1. The maximum Gasteiger partial charge on any atom is 0.416 e. The summed E-state index contributed by atoms with van der Waals surface area (Å²) < 4.78 is 38.5. The molecule has 0 radical (unpaired) electrons.